The van der Waals surface area contributed by atoms with Gasteiger partial charge in [-0.2, -0.15) is 4.31 Å². The Kier molecular flexibility index (Phi) is 7.52. The van der Waals surface area contributed by atoms with Gasteiger partial charge in [-0.15, -0.1) is 0 Å². The Morgan fingerprint density at radius 1 is 0.938 bits per heavy atom. The van der Waals surface area contributed by atoms with Crippen molar-refractivity contribution in [3.8, 4) is 5.75 Å². The lowest BCUT2D eigenvalue weighted by molar-refractivity contribution is 0.0697. The van der Waals surface area contributed by atoms with Crippen molar-refractivity contribution < 1.29 is 22.7 Å². The van der Waals surface area contributed by atoms with Crippen molar-refractivity contribution in [3.63, 3.8) is 0 Å². The fraction of sp³-hybridized carbons (Fsp3) is 0.391. The number of rotatable bonds is 7. The molecule has 0 saturated carbocycles. The second-order valence-corrected chi connectivity index (χ2v) is 9.37. The van der Waals surface area contributed by atoms with Crippen molar-refractivity contribution in [1.82, 2.24) is 14.1 Å². The molecular formula is C23H29N3O5S. The molecule has 0 bridgehead atoms. The zero-order chi connectivity index (χ0) is 23.3. The number of benzene rings is 2. The molecule has 1 aliphatic heterocycles. The van der Waals surface area contributed by atoms with Crippen LogP contribution in [0.1, 0.15) is 34.6 Å². The monoisotopic (exact) mass is 459 g/mol. The molecule has 0 aliphatic carbocycles. The zero-order valence-corrected chi connectivity index (χ0v) is 19.5. The third kappa shape index (κ3) is 4.94. The summed E-state index contributed by atoms with van der Waals surface area (Å²) in [6.45, 7) is 6.00. The molecule has 1 heterocycles. The zero-order valence-electron chi connectivity index (χ0n) is 18.7. The van der Waals surface area contributed by atoms with E-state index in [2.05, 4.69) is 0 Å². The SMILES string of the molecule is CCN(CC)C(=O)c1ccc(S(=O)(=O)N2CCN(C(=O)c3cccc(OC)c3)CC2)cc1. The molecule has 8 nitrogen and oxygen atoms in total. The van der Waals surface area contributed by atoms with Gasteiger partial charge in [0.25, 0.3) is 11.8 Å². The summed E-state index contributed by atoms with van der Waals surface area (Å²) in [6.07, 6.45) is 0. The van der Waals surface area contributed by atoms with Crippen molar-refractivity contribution in [2.75, 3.05) is 46.4 Å². The van der Waals surface area contributed by atoms with Gasteiger partial charge < -0.3 is 14.5 Å². The van der Waals surface area contributed by atoms with Gasteiger partial charge >= 0.3 is 0 Å². The van der Waals surface area contributed by atoms with Crippen LogP contribution >= 0.6 is 0 Å². The van der Waals surface area contributed by atoms with E-state index >= 15 is 0 Å². The van der Waals surface area contributed by atoms with Crippen LogP contribution in [-0.4, -0.2) is 80.7 Å². The van der Waals surface area contributed by atoms with Crippen molar-refractivity contribution in [3.05, 3.63) is 59.7 Å². The second-order valence-electron chi connectivity index (χ2n) is 7.43. The number of hydrogen-bond donors (Lipinski definition) is 0. The quantitative estimate of drug-likeness (QED) is 0.634. The Morgan fingerprint density at radius 3 is 2.12 bits per heavy atom. The summed E-state index contributed by atoms with van der Waals surface area (Å²) in [6, 6.07) is 13.0. The molecular weight excluding hydrogens is 430 g/mol. The summed E-state index contributed by atoms with van der Waals surface area (Å²) in [5.41, 5.74) is 0.968. The van der Waals surface area contributed by atoms with Crippen LogP contribution < -0.4 is 4.74 Å². The van der Waals surface area contributed by atoms with Gasteiger partial charge in [0, 0.05) is 50.4 Å². The molecule has 0 unspecified atom stereocenters. The van der Waals surface area contributed by atoms with Gasteiger partial charge in [0.2, 0.25) is 10.0 Å². The minimum atomic E-state index is -3.71. The molecule has 2 aromatic carbocycles. The van der Waals surface area contributed by atoms with E-state index in [1.807, 2.05) is 13.8 Å². The average Bonchev–Trinajstić information content (AvgIpc) is 2.84. The number of piperazine rings is 1. The Bertz CT molecular complexity index is 1060. The number of ether oxygens (including phenoxy) is 1. The Hall–Kier alpha value is -2.91. The second kappa shape index (κ2) is 10.1. The number of methoxy groups -OCH3 is 1. The van der Waals surface area contributed by atoms with Gasteiger partial charge in [0.15, 0.2) is 0 Å². The Balaban J connectivity index is 1.66. The molecule has 3 rings (SSSR count). The van der Waals surface area contributed by atoms with Crippen LogP contribution in [0, 0.1) is 0 Å². The first-order chi connectivity index (χ1) is 15.3. The van der Waals surface area contributed by atoms with Crippen LogP contribution in [0.5, 0.6) is 5.75 Å². The smallest absolute Gasteiger partial charge is 0.254 e. The summed E-state index contributed by atoms with van der Waals surface area (Å²) >= 11 is 0. The Labute approximate surface area is 189 Å². The molecule has 0 N–H and O–H groups in total. The van der Waals surface area contributed by atoms with Crippen LogP contribution in [0.15, 0.2) is 53.4 Å². The van der Waals surface area contributed by atoms with Crippen molar-refractivity contribution >= 4 is 21.8 Å². The molecule has 0 spiro atoms. The summed E-state index contributed by atoms with van der Waals surface area (Å²) in [4.78, 5) is 28.7. The summed E-state index contributed by atoms with van der Waals surface area (Å²) in [5.74, 6) is 0.323. The number of carbonyl (C=O) groups excluding carboxylic acids is 2. The first kappa shape index (κ1) is 23.7. The van der Waals surface area contributed by atoms with E-state index in [1.165, 1.54) is 16.4 Å². The third-order valence-electron chi connectivity index (χ3n) is 5.63. The largest absolute Gasteiger partial charge is 0.497 e. The maximum atomic E-state index is 13.1. The van der Waals surface area contributed by atoms with E-state index in [1.54, 1.807) is 53.3 Å². The minimum Gasteiger partial charge on any atom is -0.497 e. The topological polar surface area (TPSA) is 87.2 Å². The molecule has 1 fully saturated rings. The molecule has 172 valence electrons. The van der Waals surface area contributed by atoms with Gasteiger partial charge in [-0.1, -0.05) is 6.07 Å². The molecule has 0 aromatic heterocycles. The fourth-order valence-electron chi connectivity index (χ4n) is 3.68. The fourth-order valence-corrected chi connectivity index (χ4v) is 5.10. The molecule has 1 saturated heterocycles. The van der Waals surface area contributed by atoms with E-state index in [0.29, 0.717) is 43.1 Å². The van der Waals surface area contributed by atoms with Gasteiger partial charge in [-0.3, -0.25) is 9.59 Å². The van der Waals surface area contributed by atoms with Gasteiger partial charge in [-0.05, 0) is 56.3 Å². The summed E-state index contributed by atoms with van der Waals surface area (Å²) in [7, 11) is -2.17. The highest BCUT2D eigenvalue weighted by Gasteiger charge is 2.30. The van der Waals surface area contributed by atoms with Gasteiger partial charge in [0.05, 0.1) is 12.0 Å². The summed E-state index contributed by atoms with van der Waals surface area (Å²) in [5, 5.41) is 0. The van der Waals surface area contributed by atoms with E-state index < -0.39 is 10.0 Å². The van der Waals surface area contributed by atoms with E-state index in [4.69, 9.17) is 4.74 Å². The molecule has 1 aliphatic rings. The van der Waals surface area contributed by atoms with Crippen LogP contribution in [0.2, 0.25) is 0 Å². The predicted molar refractivity (Wildman–Crippen MR) is 121 cm³/mol. The molecule has 0 radical (unpaired) electrons. The average molecular weight is 460 g/mol. The number of nitrogens with zero attached hydrogens (tertiary/aromatic N) is 3. The third-order valence-corrected chi connectivity index (χ3v) is 7.55. The Morgan fingerprint density at radius 2 is 1.56 bits per heavy atom. The van der Waals surface area contributed by atoms with E-state index in [0.717, 1.165) is 0 Å². The highest BCUT2D eigenvalue weighted by molar-refractivity contribution is 7.89. The first-order valence-electron chi connectivity index (χ1n) is 10.6. The van der Waals surface area contributed by atoms with E-state index in [9.17, 15) is 18.0 Å². The number of amides is 2. The molecule has 32 heavy (non-hydrogen) atoms. The van der Waals surface area contributed by atoms with Crippen LogP contribution in [0.3, 0.4) is 0 Å². The van der Waals surface area contributed by atoms with Crippen LogP contribution in [0.25, 0.3) is 0 Å². The van der Waals surface area contributed by atoms with Crippen molar-refractivity contribution in [1.29, 1.82) is 0 Å². The molecule has 0 atom stereocenters. The number of sulfonamides is 1. The number of carbonyl (C=O) groups is 2. The molecule has 9 heteroatoms. The van der Waals surface area contributed by atoms with Crippen molar-refractivity contribution in [2.24, 2.45) is 0 Å². The minimum absolute atomic E-state index is 0.122. The van der Waals surface area contributed by atoms with Gasteiger partial charge in [-0.25, -0.2) is 8.42 Å². The van der Waals surface area contributed by atoms with Crippen LogP contribution in [-0.2, 0) is 10.0 Å². The lowest BCUT2D eigenvalue weighted by Gasteiger charge is -2.34. The maximum absolute atomic E-state index is 13.1. The standard InChI is InChI=1S/C23H29N3O5S/c1-4-24(5-2)22(27)18-9-11-21(12-10-18)32(29,30)26-15-13-25(14-16-26)23(28)19-7-6-8-20(17-19)31-3/h6-12,17H,4-5,13-16H2,1-3H3. The normalized spacial score (nSPS) is 14.8. The lowest BCUT2D eigenvalue weighted by Crippen LogP contribution is -2.50. The lowest BCUT2D eigenvalue weighted by atomic mass is 10.1. The first-order valence-corrected chi connectivity index (χ1v) is 12.1. The highest BCUT2D eigenvalue weighted by Crippen LogP contribution is 2.21. The van der Waals surface area contributed by atoms with Gasteiger partial charge in [0.1, 0.15) is 5.75 Å². The highest BCUT2D eigenvalue weighted by atomic mass is 32.2. The molecule has 2 aromatic rings. The van der Waals surface area contributed by atoms with Crippen LogP contribution in [0.4, 0.5) is 0 Å². The summed E-state index contributed by atoms with van der Waals surface area (Å²) < 4.78 is 32.7. The van der Waals surface area contributed by atoms with E-state index in [-0.39, 0.29) is 29.8 Å². The molecule has 2 amide bonds. The maximum Gasteiger partial charge on any atom is 0.254 e. The predicted octanol–water partition coefficient (Wildman–Crippen LogP) is 2.32. The van der Waals surface area contributed by atoms with Crippen molar-refractivity contribution in [2.45, 2.75) is 18.7 Å². The number of hydrogen-bond acceptors (Lipinski definition) is 5.